The van der Waals surface area contributed by atoms with Crippen molar-refractivity contribution in [1.82, 2.24) is 15.1 Å². The standard InChI is InChI=1S/C11H14N4OS/c12-10-6-14-15(7-10)3-2-13-11(16)5-9-1-4-17-8-9/h1,4,6-8H,2-3,5,12H2,(H,13,16). The van der Waals surface area contributed by atoms with E-state index in [1.165, 1.54) is 0 Å². The zero-order valence-electron chi connectivity index (χ0n) is 9.30. The van der Waals surface area contributed by atoms with Crippen LogP contribution in [-0.2, 0) is 17.8 Å². The Bertz CT molecular complexity index is 477. The molecule has 0 radical (unpaired) electrons. The van der Waals surface area contributed by atoms with Crippen molar-refractivity contribution in [3.8, 4) is 0 Å². The first-order valence-electron chi connectivity index (χ1n) is 5.30. The number of rotatable bonds is 5. The molecule has 3 N–H and O–H groups in total. The highest BCUT2D eigenvalue weighted by atomic mass is 32.1. The number of carbonyl (C=O) groups is 1. The summed E-state index contributed by atoms with van der Waals surface area (Å²) < 4.78 is 1.71. The average Bonchev–Trinajstić information content (AvgIpc) is 2.90. The highest BCUT2D eigenvalue weighted by molar-refractivity contribution is 7.07. The number of hydrogen-bond donors (Lipinski definition) is 2. The molecule has 2 aromatic heterocycles. The van der Waals surface area contributed by atoms with Crippen molar-refractivity contribution in [2.24, 2.45) is 0 Å². The first-order chi connectivity index (χ1) is 8.24. The van der Waals surface area contributed by atoms with Gasteiger partial charge in [-0.05, 0) is 22.4 Å². The first kappa shape index (κ1) is 11.7. The Kier molecular flexibility index (Phi) is 3.77. The molecular formula is C11H14N4OS. The zero-order valence-corrected chi connectivity index (χ0v) is 10.1. The van der Waals surface area contributed by atoms with Gasteiger partial charge in [-0.25, -0.2) is 0 Å². The molecule has 2 aromatic rings. The minimum atomic E-state index is 0.0310. The second kappa shape index (κ2) is 5.49. The van der Waals surface area contributed by atoms with Gasteiger partial charge in [-0.15, -0.1) is 0 Å². The zero-order chi connectivity index (χ0) is 12.1. The monoisotopic (exact) mass is 250 g/mol. The second-order valence-corrected chi connectivity index (χ2v) is 4.48. The molecule has 0 atom stereocenters. The minimum Gasteiger partial charge on any atom is -0.396 e. The number of nitrogens with zero attached hydrogens (tertiary/aromatic N) is 2. The second-order valence-electron chi connectivity index (χ2n) is 3.70. The fraction of sp³-hybridized carbons (Fsp3) is 0.273. The molecule has 2 heterocycles. The van der Waals surface area contributed by atoms with Gasteiger partial charge in [0, 0.05) is 12.7 Å². The summed E-state index contributed by atoms with van der Waals surface area (Å²) in [4.78, 5) is 11.5. The Morgan fingerprint density at radius 2 is 2.47 bits per heavy atom. The Morgan fingerprint density at radius 3 is 3.12 bits per heavy atom. The lowest BCUT2D eigenvalue weighted by atomic mass is 10.2. The maximum atomic E-state index is 11.5. The van der Waals surface area contributed by atoms with Crippen molar-refractivity contribution < 1.29 is 4.79 Å². The number of nitrogens with one attached hydrogen (secondary N) is 1. The highest BCUT2D eigenvalue weighted by Gasteiger charge is 2.03. The number of carbonyl (C=O) groups excluding carboxylic acids is 1. The molecule has 0 aliphatic heterocycles. The summed E-state index contributed by atoms with van der Waals surface area (Å²) >= 11 is 1.60. The Balaban J connectivity index is 1.70. The summed E-state index contributed by atoms with van der Waals surface area (Å²) in [5, 5.41) is 10.8. The molecule has 90 valence electrons. The SMILES string of the molecule is Nc1cnn(CCNC(=O)Cc2ccsc2)c1. The number of aromatic nitrogens is 2. The van der Waals surface area contributed by atoms with Gasteiger partial charge < -0.3 is 11.1 Å². The van der Waals surface area contributed by atoms with Crippen LogP contribution in [0.5, 0.6) is 0 Å². The third-order valence-corrected chi connectivity index (χ3v) is 2.99. The van der Waals surface area contributed by atoms with E-state index in [0.29, 0.717) is 25.2 Å². The number of thiophene rings is 1. The summed E-state index contributed by atoms with van der Waals surface area (Å²) in [6.07, 6.45) is 3.77. The van der Waals surface area contributed by atoms with Gasteiger partial charge in [0.2, 0.25) is 5.91 Å². The summed E-state index contributed by atoms with van der Waals surface area (Å²) in [6.45, 7) is 1.19. The molecular weight excluding hydrogens is 236 g/mol. The van der Waals surface area contributed by atoms with Crippen molar-refractivity contribution in [1.29, 1.82) is 0 Å². The number of anilines is 1. The van der Waals surface area contributed by atoms with E-state index in [9.17, 15) is 4.79 Å². The molecule has 0 fully saturated rings. The van der Waals surface area contributed by atoms with Crippen molar-refractivity contribution in [2.45, 2.75) is 13.0 Å². The summed E-state index contributed by atoms with van der Waals surface area (Å²) in [7, 11) is 0. The van der Waals surface area contributed by atoms with Gasteiger partial charge in [-0.2, -0.15) is 16.4 Å². The number of nitrogen functional groups attached to an aromatic ring is 1. The number of nitrogens with two attached hydrogens (primary N) is 1. The van der Waals surface area contributed by atoms with Gasteiger partial charge in [0.1, 0.15) is 0 Å². The van der Waals surface area contributed by atoms with Crippen LogP contribution < -0.4 is 11.1 Å². The van der Waals surface area contributed by atoms with E-state index < -0.39 is 0 Å². The van der Waals surface area contributed by atoms with Crippen LogP contribution in [0.3, 0.4) is 0 Å². The lowest BCUT2D eigenvalue weighted by Gasteiger charge is -2.04. The third kappa shape index (κ3) is 3.60. The van der Waals surface area contributed by atoms with Gasteiger partial charge >= 0.3 is 0 Å². The van der Waals surface area contributed by atoms with Crippen molar-refractivity contribution in [3.05, 3.63) is 34.8 Å². The maximum absolute atomic E-state index is 11.5. The van der Waals surface area contributed by atoms with Crippen LogP contribution in [0.2, 0.25) is 0 Å². The van der Waals surface area contributed by atoms with Crippen LogP contribution in [0.4, 0.5) is 5.69 Å². The molecule has 0 saturated heterocycles. The normalized spacial score (nSPS) is 10.4. The van der Waals surface area contributed by atoms with Crippen LogP contribution in [0.15, 0.2) is 29.2 Å². The molecule has 0 unspecified atom stereocenters. The fourth-order valence-corrected chi connectivity index (χ4v) is 2.12. The number of amides is 1. The quantitative estimate of drug-likeness (QED) is 0.827. The van der Waals surface area contributed by atoms with Gasteiger partial charge in [-0.1, -0.05) is 0 Å². The molecule has 0 bridgehead atoms. The molecule has 2 rings (SSSR count). The molecule has 0 aliphatic rings. The first-order valence-corrected chi connectivity index (χ1v) is 6.24. The van der Waals surface area contributed by atoms with E-state index in [-0.39, 0.29) is 5.91 Å². The molecule has 1 amide bonds. The van der Waals surface area contributed by atoms with Crippen LogP contribution in [0.25, 0.3) is 0 Å². The Hall–Kier alpha value is -1.82. The van der Waals surface area contributed by atoms with Gasteiger partial charge in [0.25, 0.3) is 0 Å². The molecule has 0 spiro atoms. The Morgan fingerprint density at radius 1 is 1.59 bits per heavy atom. The molecule has 0 saturated carbocycles. The van der Waals surface area contributed by atoms with Gasteiger partial charge in [0.15, 0.2) is 0 Å². The third-order valence-electron chi connectivity index (χ3n) is 2.26. The molecule has 0 aromatic carbocycles. The van der Waals surface area contributed by atoms with Crippen LogP contribution in [-0.4, -0.2) is 22.2 Å². The Labute approximate surface area is 103 Å². The van der Waals surface area contributed by atoms with Crippen molar-refractivity contribution >= 4 is 22.9 Å². The van der Waals surface area contributed by atoms with Gasteiger partial charge in [-0.3, -0.25) is 9.48 Å². The van der Waals surface area contributed by atoms with Crippen LogP contribution >= 0.6 is 11.3 Å². The summed E-state index contributed by atoms with van der Waals surface area (Å²) in [5.74, 6) is 0.0310. The average molecular weight is 250 g/mol. The predicted molar refractivity (Wildman–Crippen MR) is 67.7 cm³/mol. The van der Waals surface area contributed by atoms with E-state index in [1.54, 1.807) is 28.4 Å². The van der Waals surface area contributed by atoms with E-state index in [2.05, 4.69) is 10.4 Å². The summed E-state index contributed by atoms with van der Waals surface area (Å²) in [6, 6.07) is 1.96. The number of hydrogen-bond acceptors (Lipinski definition) is 4. The van der Waals surface area contributed by atoms with E-state index in [4.69, 9.17) is 5.73 Å². The largest absolute Gasteiger partial charge is 0.396 e. The molecule has 0 aliphatic carbocycles. The predicted octanol–water partition coefficient (Wildman–Crippen LogP) is 0.886. The fourth-order valence-electron chi connectivity index (χ4n) is 1.45. The summed E-state index contributed by atoms with van der Waals surface area (Å²) in [5.41, 5.74) is 7.22. The van der Waals surface area contributed by atoms with E-state index in [1.807, 2.05) is 16.8 Å². The molecule has 6 heteroatoms. The minimum absolute atomic E-state index is 0.0310. The lowest BCUT2D eigenvalue weighted by molar-refractivity contribution is -0.120. The van der Waals surface area contributed by atoms with Gasteiger partial charge in [0.05, 0.1) is 24.8 Å². The lowest BCUT2D eigenvalue weighted by Crippen LogP contribution is -2.28. The smallest absolute Gasteiger partial charge is 0.224 e. The van der Waals surface area contributed by atoms with Crippen molar-refractivity contribution in [3.63, 3.8) is 0 Å². The molecule has 17 heavy (non-hydrogen) atoms. The van der Waals surface area contributed by atoms with E-state index in [0.717, 1.165) is 5.56 Å². The maximum Gasteiger partial charge on any atom is 0.224 e. The molecule has 5 nitrogen and oxygen atoms in total. The van der Waals surface area contributed by atoms with Crippen LogP contribution in [0.1, 0.15) is 5.56 Å². The van der Waals surface area contributed by atoms with Crippen molar-refractivity contribution in [2.75, 3.05) is 12.3 Å². The highest BCUT2D eigenvalue weighted by Crippen LogP contribution is 2.06. The van der Waals surface area contributed by atoms with Crippen LogP contribution in [0, 0.1) is 0 Å². The topological polar surface area (TPSA) is 72.9 Å². The van der Waals surface area contributed by atoms with E-state index >= 15 is 0 Å².